The third-order valence-electron chi connectivity index (χ3n) is 2.63. The van der Waals surface area contributed by atoms with Gasteiger partial charge in [-0.25, -0.2) is 9.97 Å². The number of nitrogens with zero attached hydrogens (tertiary/aromatic N) is 2. The highest BCUT2D eigenvalue weighted by Gasteiger charge is 2.12. The second-order valence-corrected chi connectivity index (χ2v) is 5.85. The number of benzene rings is 1. The third kappa shape index (κ3) is 3.48. The second-order valence-electron chi connectivity index (χ2n) is 4.53. The van der Waals surface area contributed by atoms with Crippen molar-refractivity contribution in [3.63, 3.8) is 0 Å². The van der Waals surface area contributed by atoms with Gasteiger partial charge in [0.1, 0.15) is 17.3 Å². The SMILES string of the molecule is CC(C)c1ncc(Oc2cc(Br)ccc2Cl)c(CO)n1. The number of aliphatic hydroxyl groups is 1. The highest BCUT2D eigenvalue weighted by molar-refractivity contribution is 9.10. The van der Waals surface area contributed by atoms with Gasteiger partial charge < -0.3 is 9.84 Å². The molecule has 0 fully saturated rings. The molecule has 20 heavy (non-hydrogen) atoms. The number of ether oxygens (including phenoxy) is 1. The minimum atomic E-state index is -0.219. The van der Waals surface area contributed by atoms with Crippen LogP contribution in [0.1, 0.15) is 31.3 Å². The Hall–Kier alpha value is -1.17. The van der Waals surface area contributed by atoms with Gasteiger partial charge in [-0.05, 0) is 18.2 Å². The summed E-state index contributed by atoms with van der Waals surface area (Å²) in [4.78, 5) is 8.53. The van der Waals surface area contributed by atoms with Gasteiger partial charge >= 0.3 is 0 Å². The third-order valence-corrected chi connectivity index (χ3v) is 3.43. The molecule has 6 heteroatoms. The van der Waals surface area contributed by atoms with Crippen LogP contribution in [0.25, 0.3) is 0 Å². The van der Waals surface area contributed by atoms with E-state index >= 15 is 0 Å². The van der Waals surface area contributed by atoms with Crippen molar-refractivity contribution in [1.82, 2.24) is 9.97 Å². The van der Waals surface area contributed by atoms with Crippen molar-refractivity contribution in [2.45, 2.75) is 26.4 Å². The fourth-order valence-corrected chi connectivity index (χ4v) is 2.07. The number of hydrogen-bond acceptors (Lipinski definition) is 4. The van der Waals surface area contributed by atoms with Gasteiger partial charge in [-0.3, -0.25) is 0 Å². The van der Waals surface area contributed by atoms with E-state index in [2.05, 4.69) is 25.9 Å². The molecule has 1 heterocycles. The molecular weight excluding hydrogens is 344 g/mol. The summed E-state index contributed by atoms with van der Waals surface area (Å²) in [5.74, 6) is 1.74. The zero-order valence-electron chi connectivity index (χ0n) is 11.1. The normalized spacial score (nSPS) is 10.9. The lowest BCUT2D eigenvalue weighted by Crippen LogP contribution is -2.03. The van der Waals surface area contributed by atoms with Crippen LogP contribution in [-0.2, 0) is 6.61 Å². The van der Waals surface area contributed by atoms with Crippen LogP contribution in [-0.4, -0.2) is 15.1 Å². The fourth-order valence-electron chi connectivity index (χ4n) is 1.57. The lowest BCUT2D eigenvalue weighted by Gasteiger charge is -2.12. The molecule has 2 aromatic rings. The Bertz CT molecular complexity index is 620. The van der Waals surface area contributed by atoms with Crippen LogP contribution < -0.4 is 4.74 Å². The van der Waals surface area contributed by atoms with Crippen LogP contribution in [0.4, 0.5) is 0 Å². The molecule has 0 bridgehead atoms. The zero-order chi connectivity index (χ0) is 14.7. The number of aromatic nitrogens is 2. The summed E-state index contributed by atoms with van der Waals surface area (Å²) in [7, 11) is 0. The van der Waals surface area contributed by atoms with Gasteiger partial charge in [0.15, 0.2) is 5.75 Å². The molecule has 4 nitrogen and oxygen atoms in total. The van der Waals surface area contributed by atoms with Crippen LogP contribution >= 0.6 is 27.5 Å². The molecule has 0 spiro atoms. The van der Waals surface area contributed by atoms with Crippen LogP contribution in [0.3, 0.4) is 0 Å². The predicted molar refractivity (Wildman–Crippen MR) is 81.3 cm³/mol. The molecule has 0 amide bonds. The van der Waals surface area contributed by atoms with Crippen molar-refractivity contribution in [3.05, 3.63) is 45.4 Å². The monoisotopic (exact) mass is 356 g/mol. The fraction of sp³-hybridized carbons (Fsp3) is 0.286. The molecule has 0 aliphatic heterocycles. The van der Waals surface area contributed by atoms with Gasteiger partial charge in [0.2, 0.25) is 0 Å². The highest BCUT2D eigenvalue weighted by atomic mass is 79.9. The minimum absolute atomic E-state index is 0.184. The Morgan fingerprint density at radius 2 is 2.10 bits per heavy atom. The average Bonchev–Trinajstić information content (AvgIpc) is 2.43. The molecule has 0 unspecified atom stereocenters. The molecule has 0 radical (unpaired) electrons. The molecule has 1 N–H and O–H groups in total. The first-order chi connectivity index (χ1) is 9.51. The molecule has 0 atom stereocenters. The van der Waals surface area contributed by atoms with Gasteiger partial charge in [0.05, 0.1) is 17.8 Å². The van der Waals surface area contributed by atoms with E-state index in [0.717, 1.165) is 4.47 Å². The standard InChI is InChI=1S/C14H14BrClN2O2/c1-8(2)14-17-6-13(11(7-19)18-14)20-12-5-9(15)3-4-10(12)16/h3-6,8,19H,7H2,1-2H3. The quantitative estimate of drug-likeness (QED) is 0.886. The van der Waals surface area contributed by atoms with Crippen molar-refractivity contribution in [2.24, 2.45) is 0 Å². The van der Waals surface area contributed by atoms with Gasteiger partial charge in [0.25, 0.3) is 0 Å². The molecule has 106 valence electrons. The molecule has 2 rings (SSSR count). The summed E-state index contributed by atoms with van der Waals surface area (Å²) in [5.41, 5.74) is 0.444. The molecule has 0 saturated heterocycles. The van der Waals surface area contributed by atoms with E-state index in [4.69, 9.17) is 16.3 Å². The Kier molecular flexibility index (Phi) is 4.96. The number of halogens is 2. The maximum Gasteiger partial charge on any atom is 0.169 e. The first-order valence-electron chi connectivity index (χ1n) is 6.11. The number of aliphatic hydroxyl groups excluding tert-OH is 1. The van der Waals surface area contributed by atoms with Gasteiger partial charge in [-0.15, -0.1) is 0 Å². The van der Waals surface area contributed by atoms with E-state index in [9.17, 15) is 5.11 Å². The average molecular weight is 358 g/mol. The van der Waals surface area contributed by atoms with E-state index in [-0.39, 0.29) is 12.5 Å². The number of hydrogen-bond donors (Lipinski definition) is 1. The van der Waals surface area contributed by atoms with E-state index in [1.807, 2.05) is 19.9 Å². The number of rotatable bonds is 4. The molecule has 1 aromatic carbocycles. The van der Waals surface area contributed by atoms with E-state index < -0.39 is 0 Å². The van der Waals surface area contributed by atoms with Crippen molar-refractivity contribution in [3.8, 4) is 11.5 Å². The van der Waals surface area contributed by atoms with E-state index in [1.54, 1.807) is 18.3 Å². The van der Waals surface area contributed by atoms with Gasteiger partial charge in [0, 0.05) is 10.4 Å². The van der Waals surface area contributed by atoms with E-state index in [0.29, 0.717) is 28.0 Å². The van der Waals surface area contributed by atoms with Crippen LogP contribution in [0.5, 0.6) is 11.5 Å². The maximum atomic E-state index is 9.41. The van der Waals surface area contributed by atoms with Crippen molar-refractivity contribution in [1.29, 1.82) is 0 Å². The smallest absolute Gasteiger partial charge is 0.169 e. The van der Waals surface area contributed by atoms with Crippen molar-refractivity contribution < 1.29 is 9.84 Å². The van der Waals surface area contributed by atoms with Gasteiger partial charge in [-0.2, -0.15) is 0 Å². The van der Waals surface area contributed by atoms with E-state index in [1.165, 1.54) is 0 Å². The van der Waals surface area contributed by atoms with Crippen LogP contribution in [0.15, 0.2) is 28.9 Å². The minimum Gasteiger partial charge on any atom is -0.452 e. The molecule has 0 aliphatic carbocycles. The predicted octanol–water partition coefficient (Wildman–Crippen LogP) is 4.30. The van der Waals surface area contributed by atoms with Gasteiger partial charge in [-0.1, -0.05) is 41.4 Å². The summed E-state index contributed by atoms with van der Waals surface area (Å²) in [6, 6.07) is 5.29. The molecular formula is C14H14BrClN2O2. The van der Waals surface area contributed by atoms with Crippen LogP contribution in [0, 0.1) is 0 Å². The Morgan fingerprint density at radius 1 is 1.35 bits per heavy atom. The second kappa shape index (κ2) is 6.52. The highest BCUT2D eigenvalue weighted by Crippen LogP contribution is 2.33. The first-order valence-corrected chi connectivity index (χ1v) is 7.28. The largest absolute Gasteiger partial charge is 0.452 e. The van der Waals surface area contributed by atoms with Crippen molar-refractivity contribution >= 4 is 27.5 Å². The van der Waals surface area contributed by atoms with Crippen LogP contribution in [0.2, 0.25) is 5.02 Å². The summed E-state index contributed by atoms with van der Waals surface area (Å²) < 4.78 is 6.55. The summed E-state index contributed by atoms with van der Waals surface area (Å²) >= 11 is 9.43. The Balaban J connectivity index is 2.35. The topological polar surface area (TPSA) is 55.2 Å². The Labute approximate surface area is 130 Å². The summed E-state index contributed by atoms with van der Waals surface area (Å²) in [6.07, 6.45) is 1.56. The van der Waals surface area contributed by atoms with Crippen molar-refractivity contribution in [2.75, 3.05) is 0 Å². The molecule has 0 saturated carbocycles. The molecule has 1 aromatic heterocycles. The zero-order valence-corrected chi connectivity index (χ0v) is 13.4. The maximum absolute atomic E-state index is 9.41. The summed E-state index contributed by atoms with van der Waals surface area (Å²) in [6.45, 7) is 3.76. The summed E-state index contributed by atoms with van der Waals surface area (Å²) in [5, 5.41) is 9.89. The lowest BCUT2D eigenvalue weighted by molar-refractivity contribution is 0.270. The first kappa shape index (κ1) is 15.2. The molecule has 0 aliphatic rings. The Morgan fingerprint density at radius 3 is 2.75 bits per heavy atom. The lowest BCUT2D eigenvalue weighted by atomic mass is 10.2.